The molecule has 0 bridgehead atoms. The fraction of sp³-hybridized carbons (Fsp3) is 0.400. The van der Waals surface area contributed by atoms with Gasteiger partial charge in [0.1, 0.15) is 17.4 Å². The summed E-state index contributed by atoms with van der Waals surface area (Å²) in [6.07, 6.45) is 2.59. The fourth-order valence-electron chi connectivity index (χ4n) is 3.49. The fourth-order valence-corrected chi connectivity index (χ4v) is 3.49. The maximum atomic E-state index is 12.8. The molecule has 1 amide bonds. The zero-order chi connectivity index (χ0) is 19.7. The number of benzene rings is 1. The van der Waals surface area contributed by atoms with Crippen LogP contribution in [0.4, 0.5) is 5.82 Å². The van der Waals surface area contributed by atoms with Gasteiger partial charge in [0.25, 0.3) is 5.91 Å². The summed E-state index contributed by atoms with van der Waals surface area (Å²) in [5, 5.41) is 5.29. The summed E-state index contributed by atoms with van der Waals surface area (Å²) in [6, 6.07) is 7.25. The molecule has 0 radical (unpaired) electrons. The second-order valence-corrected chi connectivity index (χ2v) is 6.83. The third-order valence-corrected chi connectivity index (χ3v) is 5.14. The second-order valence-electron chi connectivity index (χ2n) is 6.83. The molecule has 8 heteroatoms. The van der Waals surface area contributed by atoms with Gasteiger partial charge in [0.15, 0.2) is 5.65 Å². The van der Waals surface area contributed by atoms with E-state index in [-0.39, 0.29) is 5.91 Å². The van der Waals surface area contributed by atoms with Crippen molar-refractivity contribution in [3.63, 3.8) is 0 Å². The van der Waals surface area contributed by atoms with Crippen LogP contribution in [-0.4, -0.2) is 63.8 Å². The summed E-state index contributed by atoms with van der Waals surface area (Å²) in [5.74, 6) is 2.51. The van der Waals surface area contributed by atoms with Crippen LogP contribution in [0.2, 0.25) is 0 Å². The Hall–Kier alpha value is -3.16. The van der Waals surface area contributed by atoms with Gasteiger partial charge < -0.3 is 14.5 Å². The third-order valence-electron chi connectivity index (χ3n) is 5.14. The molecule has 8 nitrogen and oxygen atoms in total. The average Bonchev–Trinajstić information content (AvgIpc) is 3.13. The lowest BCUT2D eigenvalue weighted by molar-refractivity contribution is 0.0746. The maximum Gasteiger partial charge on any atom is 0.253 e. The molecule has 0 saturated carbocycles. The van der Waals surface area contributed by atoms with Crippen molar-refractivity contribution in [3.05, 3.63) is 41.9 Å². The topological polar surface area (TPSA) is 76.4 Å². The van der Waals surface area contributed by atoms with Crippen LogP contribution >= 0.6 is 0 Å². The van der Waals surface area contributed by atoms with Crippen LogP contribution in [-0.2, 0) is 13.5 Å². The van der Waals surface area contributed by atoms with Gasteiger partial charge in [-0.1, -0.05) is 6.92 Å². The summed E-state index contributed by atoms with van der Waals surface area (Å²) in [6.45, 7) is 4.81. The number of piperazine rings is 1. The van der Waals surface area contributed by atoms with Crippen LogP contribution < -0.4 is 9.64 Å². The van der Waals surface area contributed by atoms with Crippen molar-refractivity contribution in [2.24, 2.45) is 7.05 Å². The minimum atomic E-state index is 0.0470. The number of methoxy groups -OCH3 is 1. The smallest absolute Gasteiger partial charge is 0.253 e. The van der Waals surface area contributed by atoms with Crippen LogP contribution in [0.1, 0.15) is 23.1 Å². The molecule has 2 aromatic heterocycles. The first kappa shape index (κ1) is 18.2. The Labute approximate surface area is 163 Å². The highest BCUT2D eigenvalue weighted by Crippen LogP contribution is 2.25. The lowest BCUT2D eigenvalue weighted by Gasteiger charge is -2.35. The molecule has 3 heterocycles. The molecule has 1 saturated heterocycles. The predicted molar refractivity (Wildman–Crippen MR) is 107 cm³/mol. The first-order valence-corrected chi connectivity index (χ1v) is 9.47. The molecule has 146 valence electrons. The standard InChI is InChI=1S/C20H24N6O2/c1-4-17-22-18-16(13-21-24(18)2)19(23-17)25-9-11-26(12-10-25)20(27)14-5-7-15(28-3)8-6-14/h5-8,13H,4,9-12H2,1-3H3. The van der Waals surface area contributed by atoms with Crippen LogP contribution in [0.5, 0.6) is 5.75 Å². The zero-order valence-corrected chi connectivity index (χ0v) is 16.4. The van der Waals surface area contributed by atoms with E-state index in [1.165, 1.54) is 0 Å². The van der Waals surface area contributed by atoms with Crippen molar-refractivity contribution in [1.82, 2.24) is 24.6 Å². The number of carbonyl (C=O) groups excluding carboxylic acids is 1. The molecule has 0 aliphatic carbocycles. The first-order valence-electron chi connectivity index (χ1n) is 9.47. The van der Waals surface area contributed by atoms with Gasteiger partial charge in [-0.15, -0.1) is 0 Å². The van der Waals surface area contributed by atoms with E-state index in [0.717, 1.165) is 47.9 Å². The summed E-state index contributed by atoms with van der Waals surface area (Å²) >= 11 is 0. The Kier molecular flexibility index (Phi) is 4.85. The van der Waals surface area contributed by atoms with E-state index in [0.29, 0.717) is 18.7 Å². The third kappa shape index (κ3) is 3.26. The average molecular weight is 380 g/mol. The van der Waals surface area contributed by atoms with Gasteiger partial charge >= 0.3 is 0 Å². The van der Waals surface area contributed by atoms with Crippen LogP contribution in [0, 0.1) is 0 Å². The maximum absolute atomic E-state index is 12.8. The molecule has 0 atom stereocenters. The highest BCUT2D eigenvalue weighted by atomic mass is 16.5. The molecule has 28 heavy (non-hydrogen) atoms. The van der Waals surface area contributed by atoms with Gasteiger partial charge in [0, 0.05) is 45.2 Å². The van der Waals surface area contributed by atoms with Gasteiger partial charge in [-0.25, -0.2) is 9.97 Å². The van der Waals surface area contributed by atoms with Crippen molar-refractivity contribution < 1.29 is 9.53 Å². The minimum absolute atomic E-state index is 0.0470. The molecule has 4 rings (SSSR count). The largest absolute Gasteiger partial charge is 0.497 e. The lowest BCUT2D eigenvalue weighted by Crippen LogP contribution is -2.49. The molecule has 1 aliphatic rings. The Morgan fingerprint density at radius 2 is 1.82 bits per heavy atom. The van der Waals surface area contributed by atoms with Gasteiger partial charge in [0.05, 0.1) is 18.7 Å². The predicted octanol–water partition coefficient (Wildman–Crippen LogP) is 1.90. The van der Waals surface area contributed by atoms with Crippen LogP contribution in [0.3, 0.4) is 0 Å². The Bertz CT molecular complexity index is 990. The summed E-state index contributed by atoms with van der Waals surface area (Å²) in [4.78, 5) is 26.2. The van der Waals surface area contributed by atoms with Crippen LogP contribution in [0.25, 0.3) is 11.0 Å². The van der Waals surface area contributed by atoms with E-state index >= 15 is 0 Å². The zero-order valence-electron chi connectivity index (χ0n) is 16.4. The number of carbonyl (C=O) groups is 1. The molecule has 3 aromatic rings. The number of hydrogen-bond acceptors (Lipinski definition) is 6. The first-order chi connectivity index (χ1) is 13.6. The summed E-state index contributed by atoms with van der Waals surface area (Å²) in [7, 11) is 3.51. The van der Waals surface area contributed by atoms with E-state index < -0.39 is 0 Å². The number of fused-ring (bicyclic) bond motifs is 1. The van der Waals surface area contributed by atoms with E-state index in [1.54, 1.807) is 11.8 Å². The van der Waals surface area contributed by atoms with Gasteiger partial charge in [-0.2, -0.15) is 5.10 Å². The number of aryl methyl sites for hydroxylation is 2. The summed E-state index contributed by atoms with van der Waals surface area (Å²) < 4.78 is 6.94. The van der Waals surface area contributed by atoms with E-state index in [4.69, 9.17) is 9.72 Å². The SMILES string of the molecule is CCc1nc(N2CCN(C(=O)c3ccc(OC)cc3)CC2)c2cnn(C)c2n1. The normalized spacial score (nSPS) is 14.5. The van der Waals surface area contributed by atoms with Crippen molar-refractivity contribution in [2.45, 2.75) is 13.3 Å². The van der Waals surface area contributed by atoms with E-state index in [2.05, 4.69) is 15.0 Å². The summed E-state index contributed by atoms with van der Waals surface area (Å²) in [5.41, 5.74) is 1.53. The highest BCUT2D eigenvalue weighted by Gasteiger charge is 2.25. The van der Waals surface area contributed by atoms with E-state index in [1.807, 2.05) is 49.3 Å². The van der Waals surface area contributed by atoms with Crippen molar-refractivity contribution >= 4 is 22.8 Å². The molecule has 1 fully saturated rings. The van der Waals surface area contributed by atoms with E-state index in [9.17, 15) is 4.79 Å². The molecular weight excluding hydrogens is 356 g/mol. The Morgan fingerprint density at radius 1 is 1.11 bits per heavy atom. The number of nitrogens with zero attached hydrogens (tertiary/aromatic N) is 6. The van der Waals surface area contributed by atoms with Crippen molar-refractivity contribution in [2.75, 3.05) is 38.2 Å². The number of rotatable bonds is 4. The lowest BCUT2D eigenvalue weighted by atomic mass is 10.1. The highest BCUT2D eigenvalue weighted by molar-refractivity contribution is 5.94. The number of ether oxygens (including phenoxy) is 1. The van der Waals surface area contributed by atoms with Crippen LogP contribution in [0.15, 0.2) is 30.5 Å². The van der Waals surface area contributed by atoms with Gasteiger partial charge in [-0.3, -0.25) is 9.48 Å². The minimum Gasteiger partial charge on any atom is -0.497 e. The van der Waals surface area contributed by atoms with Crippen molar-refractivity contribution in [3.8, 4) is 5.75 Å². The quantitative estimate of drug-likeness (QED) is 0.688. The molecule has 1 aromatic carbocycles. The molecule has 0 spiro atoms. The second kappa shape index (κ2) is 7.46. The Morgan fingerprint density at radius 3 is 2.46 bits per heavy atom. The molecular formula is C20H24N6O2. The molecule has 0 N–H and O–H groups in total. The number of anilines is 1. The van der Waals surface area contributed by atoms with Gasteiger partial charge in [-0.05, 0) is 24.3 Å². The molecule has 0 unspecified atom stereocenters. The molecule has 1 aliphatic heterocycles. The number of amides is 1. The monoisotopic (exact) mass is 380 g/mol. The Balaban J connectivity index is 1.51. The van der Waals surface area contributed by atoms with Gasteiger partial charge in [0.2, 0.25) is 0 Å². The number of aromatic nitrogens is 4. The number of hydrogen-bond donors (Lipinski definition) is 0. The van der Waals surface area contributed by atoms with Crippen molar-refractivity contribution in [1.29, 1.82) is 0 Å².